The Bertz CT molecular complexity index is 684. The topological polar surface area (TPSA) is 64.6 Å². The lowest BCUT2D eigenvalue weighted by Gasteiger charge is -2.19. The Labute approximate surface area is 149 Å². The van der Waals surface area contributed by atoms with Gasteiger partial charge in [-0.2, -0.15) is 0 Å². The zero-order chi connectivity index (χ0) is 18.1. The summed E-state index contributed by atoms with van der Waals surface area (Å²) in [5, 5.41) is 2.23. The van der Waals surface area contributed by atoms with Crippen LogP contribution in [0.15, 0.2) is 65.6 Å². The molecule has 0 aliphatic carbocycles. The van der Waals surface area contributed by atoms with Crippen LogP contribution in [0.2, 0.25) is 0 Å². The molecule has 2 aromatic carbocycles. The normalized spacial score (nSPS) is 12.7. The molecule has 0 saturated heterocycles. The van der Waals surface area contributed by atoms with E-state index in [0.29, 0.717) is 4.90 Å². The van der Waals surface area contributed by atoms with Gasteiger partial charge < -0.3 is 14.8 Å². The molecule has 132 valence electrons. The van der Waals surface area contributed by atoms with E-state index in [-0.39, 0.29) is 6.61 Å². The van der Waals surface area contributed by atoms with E-state index in [1.165, 1.54) is 0 Å². The Hall–Kier alpha value is -2.54. The molecule has 0 radical (unpaired) electrons. The molecule has 2 aromatic rings. The standard InChI is InChI=1S/C18H18FNO4S/c1-23-17(21)15(16(19)25-14-10-6-3-7-11-14)20-18(22)24-12-13-8-4-2-5-9-13/h2-11,15-16H,12H2,1H3,(H,20,22)/t15-,16?/m0/s1. The number of alkyl halides is 1. The van der Waals surface area contributed by atoms with Gasteiger partial charge in [-0.3, -0.25) is 0 Å². The van der Waals surface area contributed by atoms with Crippen LogP contribution in [-0.4, -0.2) is 30.7 Å². The first kappa shape index (κ1) is 18.8. The van der Waals surface area contributed by atoms with Crippen molar-refractivity contribution >= 4 is 23.8 Å². The van der Waals surface area contributed by atoms with E-state index in [9.17, 15) is 14.0 Å². The van der Waals surface area contributed by atoms with E-state index in [1.807, 2.05) is 18.2 Å². The minimum atomic E-state index is -1.72. The minimum Gasteiger partial charge on any atom is -0.467 e. The molecule has 0 saturated carbocycles. The Morgan fingerprint density at radius 2 is 1.68 bits per heavy atom. The maximum Gasteiger partial charge on any atom is 0.408 e. The van der Waals surface area contributed by atoms with Gasteiger partial charge in [0.25, 0.3) is 0 Å². The molecule has 0 aliphatic rings. The first-order chi connectivity index (χ1) is 12.1. The van der Waals surface area contributed by atoms with Crippen LogP contribution >= 0.6 is 11.8 Å². The Kier molecular flexibility index (Phi) is 7.28. The predicted molar refractivity (Wildman–Crippen MR) is 92.8 cm³/mol. The molecular weight excluding hydrogens is 345 g/mol. The average molecular weight is 363 g/mol. The van der Waals surface area contributed by atoms with Crippen LogP contribution in [0.25, 0.3) is 0 Å². The molecule has 25 heavy (non-hydrogen) atoms. The van der Waals surface area contributed by atoms with Crippen molar-refractivity contribution in [2.45, 2.75) is 23.0 Å². The summed E-state index contributed by atoms with van der Waals surface area (Å²) in [5.74, 6) is -0.882. The van der Waals surface area contributed by atoms with Gasteiger partial charge in [0.1, 0.15) is 6.61 Å². The van der Waals surface area contributed by atoms with Gasteiger partial charge in [-0.1, -0.05) is 60.3 Å². The molecule has 0 aromatic heterocycles. The molecule has 1 amide bonds. The second kappa shape index (κ2) is 9.68. The van der Waals surface area contributed by atoms with Crippen molar-refractivity contribution in [1.82, 2.24) is 5.32 Å². The van der Waals surface area contributed by atoms with Crippen LogP contribution < -0.4 is 5.32 Å². The summed E-state index contributed by atoms with van der Waals surface area (Å²) in [5.41, 5.74) is -0.943. The highest BCUT2D eigenvalue weighted by Crippen LogP contribution is 2.26. The number of nitrogens with one attached hydrogen (secondary N) is 1. The summed E-state index contributed by atoms with van der Waals surface area (Å²) in [7, 11) is 1.13. The van der Waals surface area contributed by atoms with Crippen LogP contribution in [0.1, 0.15) is 5.56 Å². The van der Waals surface area contributed by atoms with Gasteiger partial charge in [-0.25, -0.2) is 14.0 Å². The number of amides is 1. The number of thioether (sulfide) groups is 1. The van der Waals surface area contributed by atoms with Crippen LogP contribution in [0.3, 0.4) is 0 Å². The third-order valence-corrected chi connectivity index (χ3v) is 4.24. The number of ether oxygens (including phenoxy) is 2. The largest absolute Gasteiger partial charge is 0.467 e. The number of halogens is 1. The summed E-state index contributed by atoms with van der Waals surface area (Å²) in [6.45, 7) is 0.0172. The molecule has 1 N–H and O–H groups in total. The van der Waals surface area contributed by atoms with Crippen molar-refractivity contribution in [3.05, 3.63) is 66.2 Å². The molecule has 7 heteroatoms. The van der Waals surface area contributed by atoms with Crippen molar-refractivity contribution in [2.24, 2.45) is 0 Å². The molecule has 0 heterocycles. The quantitative estimate of drug-likeness (QED) is 0.602. The number of carbonyl (C=O) groups excluding carboxylic acids is 2. The third kappa shape index (κ3) is 6.11. The second-order valence-corrected chi connectivity index (χ2v) is 6.15. The van der Waals surface area contributed by atoms with Gasteiger partial charge in [0.05, 0.1) is 7.11 Å². The SMILES string of the molecule is COC(=O)[C@@H](NC(=O)OCc1ccccc1)C(F)Sc1ccccc1. The summed E-state index contributed by atoms with van der Waals surface area (Å²) in [6.07, 6.45) is -0.893. The highest BCUT2D eigenvalue weighted by atomic mass is 32.2. The number of carbonyl (C=O) groups is 2. The highest BCUT2D eigenvalue weighted by Gasteiger charge is 2.32. The monoisotopic (exact) mass is 363 g/mol. The second-order valence-electron chi connectivity index (χ2n) is 4.99. The van der Waals surface area contributed by atoms with E-state index < -0.39 is 23.6 Å². The summed E-state index contributed by atoms with van der Waals surface area (Å²) in [4.78, 5) is 24.3. The van der Waals surface area contributed by atoms with Crippen molar-refractivity contribution in [3.63, 3.8) is 0 Å². The number of benzene rings is 2. The Morgan fingerprint density at radius 3 is 2.28 bits per heavy atom. The fraction of sp³-hybridized carbons (Fsp3) is 0.222. The maximum atomic E-state index is 14.5. The first-order valence-corrected chi connectivity index (χ1v) is 8.39. The predicted octanol–water partition coefficient (Wildman–Crippen LogP) is 3.54. The molecular formula is C18H18FNO4S. The number of hydrogen-bond acceptors (Lipinski definition) is 5. The van der Waals surface area contributed by atoms with Crippen LogP contribution in [0, 0.1) is 0 Å². The lowest BCUT2D eigenvalue weighted by atomic mass is 10.2. The van der Waals surface area contributed by atoms with E-state index >= 15 is 0 Å². The molecule has 0 fully saturated rings. The highest BCUT2D eigenvalue weighted by molar-refractivity contribution is 7.99. The lowest BCUT2D eigenvalue weighted by molar-refractivity contribution is -0.143. The number of hydrogen-bond donors (Lipinski definition) is 1. The molecule has 5 nitrogen and oxygen atoms in total. The van der Waals surface area contributed by atoms with Crippen LogP contribution in [0.5, 0.6) is 0 Å². The lowest BCUT2D eigenvalue weighted by Crippen LogP contribution is -2.46. The first-order valence-electron chi connectivity index (χ1n) is 7.51. The van der Waals surface area contributed by atoms with Gasteiger partial charge in [0.15, 0.2) is 11.5 Å². The van der Waals surface area contributed by atoms with Gasteiger partial charge >= 0.3 is 12.1 Å². The molecule has 0 bridgehead atoms. The summed E-state index contributed by atoms with van der Waals surface area (Å²) < 4.78 is 24.1. The van der Waals surface area contributed by atoms with Gasteiger partial charge in [0, 0.05) is 4.90 Å². The van der Waals surface area contributed by atoms with Crippen molar-refractivity contribution in [2.75, 3.05) is 7.11 Å². The number of alkyl carbamates (subject to hydrolysis) is 1. The Morgan fingerprint density at radius 1 is 1.08 bits per heavy atom. The average Bonchev–Trinajstić information content (AvgIpc) is 2.65. The fourth-order valence-electron chi connectivity index (χ4n) is 1.95. The van der Waals surface area contributed by atoms with Crippen molar-refractivity contribution in [1.29, 1.82) is 0 Å². The number of esters is 1. The van der Waals surface area contributed by atoms with Crippen molar-refractivity contribution < 1.29 is 23.5 Å². The van der Waals surface area contributed by atoms with Crippen LogP contribution in [-0.2, 0) is 20.9 Å². The van der Waals surface area contributed by atoms with Gasteiger partial charge in [-0.05, 0) is 17.7 Å². The van der Waals surface area contributed by atoms with Gasteiger partial charge in [-0.15, -0.1) is 0 Å². The van der Waals surface area contributed by atoms with E-state index in [0.717, 1.165) is 24.4 Å². The van der Waals surface area contributed by atoms with E-state index in [1.54, 1.807) is 42.5 Å². The minimum absolute atomic E-state index is 0.0172. The summed E-state index contributed by atoms with van der Waals surface area (Å²) >= 11 is 0.814. The molecule has 2 atom stereocenters. The number of rotatable bonds is 7. The fourth-order valence-corrected chi connectivity index (χ4v) is 2.84. The smallest absolute Gasteiger partial charge is 0.408 e. The van der Waals surface area contributed by atoms with Crippen molar-refractivity contribution in [3.8, 4) is 0 Å². The molecule has 1 unspecified atom stereocenters. The zero-order valence-electron chi connectivity index (χ0n) is 13.6. The third-order valence-electron chi connectivity index (χ3n) is 3.20. The van der Waals surface area contributed by atoms with E-state index in [4.69, 9.17) is 4.74 Å². The molecule has 0 aliphatic heterocycles. The maximum absolute atomic E-state index is 14.5. The zero-order valence-corrected chi connectivity index (χ0v) is 14.4. The van der Waals surface area contributed by atoms with E-state index in [2.05, 4.69) is 10.1 Å². The van der Waals surface area contributed by atoms with Gasteiger partial charge in [0.2, 0.25) is 0 Å². The van der Waals surface area contributed by atoms with Crippen LogP contribution in [0.4, 0.5) is 9.18 Å². The Balaban J connectivity index is 1.94. The molecule has 2 rings (SSSR count). The summed E-state index contributed by atoms with van der Waals surface area (Å²) in [6, 6.07) is 16.3. The molecule has 0 spiro atoms. The number of methoxy groups -OCH3 is 1.